The van der Waals surface area contributed by atoms with E-state index < -0.39 is 0 Å². The van der Waals surface area contributed by atoms with Gasteiger partial charge in [0.05, 0.1) is 0 Å². The summed E-state index contributed by atoms with van der Waals surface area (Å²) in [5.74, 6) is 0.805. The summed E-state index contributed by atoms with van der Waals surface area (Å²) in [5.41, 5.74) is 8.89. The third-order valence-corrected chi connectivity index (χ3v) is 2.64. The molecule has 0 amide bonds. The Morgan fingerprint density at radius 3 is 2.76 bits per heavy atom. The fourth-order valence-electron chi connectivity index (χ4n) is 1.74. The van der Waals surface area contributed by atoms with Crippen molar-refractivity contribution >= 4 is 0 Å². The summed E-state index contributed by atoms with van der Waals surface area (Å²) in [6, 6.07) is 3.91. The van der Waals surface area contributed by atoms with E-state index in [0.717, 1.165) is 22.6 Å². The van der Waals surface area contributed by atoms with Gasteiger partial charge in [-0.3, -0.25) is 4.98 Å². The van der Waals surface area contributed by atoms with E-state index in [2.05, 4.69) is 15.0 Å². The van der Waals surface area contributed by atoms with Crippen molar-refractivity contribution in [3.63, 3.8) is 0 Å². The first-order chi connectivity index (χ1) is 8.16. The van der Waals surface area contributed by atoms with E-state index in [1.165, 1.54) is 0 Å². The van der Waals surface area contributed by atoms with Crippen LogP contribution in [0.15, 0.2) is 30.7 Å². The van der Waals surface area contributed by atoms with Gasteiger partial charge in [0, 0.05) is 42.3 Å². The van der Waals surface area contributed by atoms with Crippen LogP contribution < -0.4 is 5.73 Å². The predicted octanol–water partition coefficient (Wildman–Crippen LogP) is 1.79. The molecule has 1 atom stereocenters. The highest BCUT2D eigenvalue weighted by Crippen LogP contribution is 2.13. The fourth-order valence-corrected chi connectivity index (χ4v) is 1.74. The van der Waals surface area contributed by atoms with E-state index in [1.807, 2.05) is 38.4 Å². The topological polar surface area (TPSA) is 64.7 Å². The van der Waals surface area contributed by atoms with Crippen LogP contribution in [0.25, 0.3) is 0 Å². The molecule has 0 aliphatic carbocycles. The van der Waals surface area contributed by atoms with Crippen molar-refractivity contribution < 1.29 is 0 Å². The van der Waals surface area contributed by atoms with E-state index >= 15 is 0 Å². The van der Waals surface area contributed by atoms with Gasteiger partial charge in [-0.25, -0.2) is 9.97 Å². The van der Waals surface area contributed by atoms with Gasteiger partial charge in [-0.05, 0) is 25.5 Å². The molecule has 17 heavy (non-hydrogen) atoms. The summed E-state index contributed by atoms with van der Waals surface area (Å²) < 4.78 is 0. The Morgan fingerprint density at radius 2 is 2.18 bits per heavy atom. The maximum atomic E-state index is 5.83. The average Bonchev–Trinajstić information content (AvgIpc) is 2.30. The van der Waals surface area contributed by atoms with Crippen LogP contribution in [0.3, 0.4) is 0 Å². The predicted molar refractivity (Wildman–Crippen MR) is 66.4 cm³/mol. The van der Waals surface area contributed by atoms with E-state index in [9.17, 15) is 0 Å². The van der Waals surface area contributed by atoms with E-state index in [1.54, 1.807) is 6.20 Å². The maximum Gasteiger partial charge on any atom is 0.132 e. The molecule has 0 aliphatic rings. The molecule has 1 unspecified atom stereocenters. The van der Waals surface area contributed by atoms with Crippen LogP contribution >= 0.6 is 0 Å². The molecule has 0 saturated heterocycles. The Balaban J connectivity index is 2.21. The molecule has 4 heteroatoms. The average molecular weight is 228 g/mol. The summed E-state index contributed by atoms with van der Waals surface area (Å²) in [6.07, 6.45) is 6.11. The molecule has 0 spiro atoms. The number of hydrogen-bond donors (Lipinski definition) is 1. The standard InChI is InChI=1S/C13H16N4/c1-9(14)12-8-16-13(17-10(12)2)6-11-4-3-5-15-7-11/h3-5,7-9H,6,14H2,1-2H3. The van der Waals surface area contributed by atoms with Crippen molar-refractivity contribution in [3.05, 3.63) is 53.4 Å². The second-order valence-corrected chi connectivity index (χ2v) is 4.15. The number of aryl methyl sites for hydroxylation is 1. The zero-order valence-electron chi connectivity index (χ0n) is 10.1. The van der Waals surface area contributed by atoms with Crippen molar-refractivity contribution in [2.24, 2.45) is 5.73 Å². The van der Waals surface area contributed by atoms with Crippen molar-refractivity contribution in [2.45, 2.75) is 26.3 Å². The Morgan fingerprint density at radius 1 is 1.35 bits per heavy atom. The number of aromatic nitrogens is 3. The lowest BCUT2D eigenvalue weighted by Gasteiger charge is -2.09. The zero-order valence-corrected chi connectivity index (χ0v) is 10.1. The highest BCUT2D eigenvalue weighted by Gasteiger charge is 2.07. The van der Waals surface area contributed by atoms with E-state index in [4.69, 9.17) is 5.73 Å². The molecule has 0 saturated carbocycles. The third kappa shape index (κ3) is 2.85. The highest BCUT2D eigenvalue weighted by molar-refractivity contribution is 5.21. The summed E-state index contributed by atoms with van der Waals surface area (Å²) in [6.45, 7) is 3.90. The molecule has 0 aromatic carbocycles. The fraction of sp³-hybridized carbons (Fsp3) is 0.308. The molecule has 2 aromatic heterocycles. The van der Waals surface area contributed by atoms with Crippen molar-refractivity contribution in [1.29, 1.82) is 0 Å². The van der Waals surface area contributed by atoms with Gasteiger partial charge in [0.1, 0.15) is 5.82 Å². The lowest BCUT2D eigenvalue weighted by atomic mass is 10.1. The monoisotopic (exact) mass is 228 g/mol. The summed E-state index contributed by atoms with van der Waals surface area (Å²) >= 11 is 0. The molecule has 0 aliphatic heterocycles. The quantitative estimate of drug-likeness (QED) is 0.869. The maximum absolute atomic E-state index is 5.83. The Hall–Kier alpha value is -1.81. The van der Waals surface area contributed by atoms with Gasteiger partial charge in [-0.1, -0.05) is 6.07 Å². The second kappa shape index (κ2) is 5.01. The first kappa shape index (κ1) is 11.7. The minimum absolute atomic E-state index is 0.0255. The first-order valence-electron chi connectivity index (χ1n) is 5.63. The Bertz CT molecular complexity index is 494. The number of nitrogens with zero attached hydrogens (tertiary/aromatic N) is 3. The molecular weight excluding hydrogens is 212 g/mol. The van der Waals surface area contributed by atoms with Crippen LogP contribution in [0.2, 0.25) is 0 Å². The lowest BCUT2D eigenvalue weighted by Crippen LogP contribution is -2.10. The van der Waals surface area contributed by atoms with Crippen LogP contribution in [-0.4, -0.2) is 15.0 Å². The highest BCUT2D eigenvalue weighted by atomic mass is 14.9. The Labute approximate surface area is 101 Å². The summed E-state index contributed by atoms with van der Waals surface area (Å²) in [4.78, 5) is 12.9. The largest absolute Gasteiger partial charge is 0.324 e. The van der Waals surface area contributed by atoms with Crippen LogP contribution in [-0.2, 0) is 6.42 Å². The van der Waals surface area contributed by atoms with Crippen molar-refractivity contribution in [2.75, 3.05) is 0 Å². The van der Waals surface area contributed by atoms with Crippen molar-refractivity contribution in [3.8, 4) is 0 Å². The third-order valence-electron chi connectivity index (χ3n) is 2.64. The van der Waals surface area contributed by atoms with Gasteiger partial charge in [-0.15, -0.1) is 0 Å². The lowest BCUT2D eigenvalue weighted by molar-refractivity contribution is 0.776. The molecule has 4 nitrogen and oxygen atoms in total. The van der Waals surface area contributed by atoms with Crippen LogP contribution in [0.4, 0.5) is 0 Å². The Kier molecular flexibility index (Phi) is 3.44. The molecule has 88 valence electrons. The first-order valence-corrected chi connectivity index (χ1v) is 5.63. The van der Waals surface area contributed by atoms with E-state index in [0.29, 0.717) is 6.42 Å². The summed E-state index contributed by atoms with van der Waals surface area (Å²) in [7, 11) is 0. The van der Waals surface area contributed by atoms with Crippen molar-refractivity contribution in [1.82, 2.24) is 15.0 Å². The molecular formula is C13H16N4. The van der Waals surface area contributed by atoms with Gasteiger partial charge in [0.2, 0.25) is 0 Å². The molecule has 0 radical (unpaired) electrons. The van der Waals surface area contributed by atoms with Gasteiger partial charge in [0.15, 0.2) is 0 Å². The summed E-state index contributed by atoms with van der Waals surface area (Å²) in [5, 5.41) is 0. The number of pyridine rings is 1. The normalized spacial score (nSPS) is 12.4. The molecule has 0 fully saturated rings. The van der Waals surface area contributed by atoms with Gasteiger partial charge in [0.25, 0.3) is 0 Å². The molecule has 2 aromatic rings. The molecule has 2 N–H and O–H groups in total. The molecule has 2 rings (SSSR count). The van der Waals surface area contributed by atoms with Gasteiger partial charge in [-0.2, -0.15) is 0 Å². The minimum atomic E-state index is -0.0255. The number of nitrogens with two attached hydrogens (primary N) is 1. The molecule has 2 heterocycles. The number of rotatable bonds is 3. The minimum Gasteiger partial charge on any atom is -0.324 e. The second-order valence-electron chi connectivity index (χ2n) is 4.15. The van der Waals surface area contributed by atoms with E-state index in [-0.39, 0.29) is 6.04 Å². The smallest absolute Gasteiger partial charge is 0.132 e. The van der Waals surface area contributed by atoms with Crippen LogP contribution in [0, 0.1) is 6.92 Å². The number of hydrogen-bond acceptors (Lipinski definition) is 4. The van der Waals surface area contributed by atoms with Crippen LogP contribution in [0.5, 0.6) is 0 Å². The van der Waals surface area contributed by atoms with Gasteiger partial charge >= 0.3 is 0 Å². The van der Waals surface area contributed by atoms with Gasteiger partial charge < -0.3 is 5.73 Å². The van der Waals surface area contributed by atoms with Crippen LogP contribution in [0.1, 0.15) is 35.6 Å². The SMILES string of the molecule is Cc1nc(Cc2cccnc2)ncc1C(C)N. The zero-order chi connectivity index (χ0) is 12.3. The molecule has 0 bridgehead atoms.